The molecule has 90 valence electrons. The first-order chi connectivity index (χ1) is 8.97. The van der Waals surface area contributed by atoms with Gasteiger partial charge in [-0.05, 0) is 24.3 Å². The van der Waals surface area contributed by atoms with Crippen LogP contribution in [0, 0.1) is 0 Å². The van der Waals surface area contributed by atoms with E-state index in [1.54, 1.807) is 24.8 Å². The summed E-state index contributed by atoms with van der Waals surface area (Å²) in [6, 6.07) is 7.77. The van der Waals surface area contributed by atoms with Crippen LogP contribution in [0.4, 0.5) is 0 Å². The third-order valence-corrected chi connectivity index (χ3v) is 2.23. The molecule has 1 aliphatic heterocycles. The molecule has 0 saturated carbocycles. The van der Waals surface area contributed by atoms with Gasteiger partial charge < -0.3 is 4.74 Å². The number of rotatable bonds is 0. The van der Waals surface area contributed by atoms with E-state index in [9.17, 15) is 0 Å². The number of benzene rings is 1. The summed E-state index contributed by atoms with van der Waals surface area (Å²) in [5.41, 5.74) is 0.951. The Morgan fingerprint density at radius 1 is 0.889 bits per heavy atom. The molecule has 1 aromatic carbocycles. The Morgan fingerprint density at radius 3 is 2.56 bits per heavy atom. The number of para-hydroxylation sites is 1. The van der Waals surface area contributed by atoms with Crippen molar-refractivity contribution in [1.82, 2.24) is 0 Å². The molecule has 1 aromatic rings. The van der Waals surface area contributed by atoms with Gasteiger partial charge >= 0.3 is 0 Å². The molecular weight excluding hydrogens is 224 g/mol. The molecule has 1 aliphatic rings. The number of aliphatic imine (C=N–C) groups is 2. The van der Waals surface area contributed by atoms with E-state index < -0.39 is 0 Å². The van der Waals surface area contributed by atoms with Crippen LogP contribution in [0.15, 0.2) is 71.0 Å². The van der Waals surface area contributed by atoms with E-state index in [1.807, 2.05) is 48.6 Å². The largest absolute Gasteiger partial charge is 0.487 e. The Morgan fingerprint density at radius 2 is 1.67 bits per heavy atom. The molecule has 0 fully saturated rings. The summed E-state index contributed by atoms with van der Waals surface area (Å²) in [5.74, 6) is 0.803. The maximum atomic E-state index is 5.62. The van der Waals surface area contributed by atoms with Crippen molar-refractivity contribution in [3.05, 3.63) is 66.5 Å². The summed E-state index contributed by atoms with van der Waals surface area (Å²) in [6.45, 7) is 0.439. The van der Waals surface area contributed by atoms with Gasteiger partial charge in [0.1, 0.15) is 12.4 Å². The molecule has 3 nitrogen and oxygen atoms in total. The van der Waals surface area contributed by atoms with E-state index in [-0.39, 0.29) is 0 Å². The highest BCUT2D eigenvalue weighted by Crippen LogP contribution is 2.15. The molecule has 18 heavy (non-hydrogen) atoms. The molecule has 0 atom stereocenters. The van der Waals surface area contributed by atoms with Gasteiger partial charge in [0.25, 0.3) is 0 Å². The highest BCUT2D eigenvalue weighted by Gasteiger charge is 1.98. The first-order valence-corrected chi connectivity index (χ1v) is 5.72. The van der Waals surface area contributed by atoms with E-state index in [4.69, 9.17) is 4.74 Å². The molecule has 2 rings (SSSR count). The van der Waals surface area contributed by atoms with E-state index in [0.29, 0.717) is 6.61 Å². The van der Waals surface area contributed by atoms with Crippen LogP contribution in [-0.4, -0.2) is 19.0 Å². The zero-order valence-corrected chi connectivity index (χ0v) is 9.94. The lowest BCUT2D eigenvalue weighted by Crippen LogP contribution is -2.00. The van der Waals surface area contributed by atoms with Gasteiger partial charge in [0.15, 0.2) is 0 Å². The number of fused-ring (bicyclic) bond motifs is 1. The topological polar surface area (TPSA) is 34.0 Å². The molecule has 0 aromatic heterocycles. The Balaban J connectivity index is 2.23. The minimum atomic E-state index is 0.439. The van der Waals surface area contributed by atoms with Gasteiger partial charge in [-0.15, -0.1) is 0 Å². The molecule has 0 spiro atoms. The van der Waals surface area contributed by atoms with Crippen molar-refractivity contribution in [2.75, 3.05) is 6.61 Å². The monoisotopic (exact) mass is 238 g/mol. The number of hydrogen-bond donors (Lipinski definition) is 0. The van der Waals surface area contributed by atoms with Crippen molar-refractivity contribution in [3.63, 3.8) is 0 Å². The van der Waals surface area contributed by atoms with Crippen LogP contribution in [0.25, 0.3) is 0 Å². The second-order valence-electron chi connectivity index (χ2n) is 3.53. The van der Waals surface area contributed by atoms with Crippen LogP contribution in [0.1, 0.15) is 5.56 Å². The zero-order chi connectivity index (χ0) is 12.5. The third-order valence-electron chi connectivity index (χ3n) is 2.23. The summed E-state index contributed by atoms with van der Waals surface area (Å²) in [4.78, 5) is 8.30. The highest BCUT2D eigenvalue weighted by molar-refractivity contribution is 5.84. The van der Waals surface area contributed by atoms with Crippen molar-refractivity contribution in [1.29, 1.82) is 0 Å². The second-order valence-corrected chi connectivity index (χ2v) is 3.53. The Labute approximate surface area is 107 Å². The normalized spacial score (nSPS) is 14.9. The summed E-state index contributed by atoms with van der Waals surface area (Å²) in [6.07, 6.45) is 14.5. The van der Waals surface area contributed by atoms with Crippen molar-refractivity contribution >= 4 is 12.4 Å². The SMILES string of the molecule is C1=CC=CN=Cc2ccccc2OCC=NC=C1. The van der Waals surface area contributed by atoms with Gasteiger partial charge in [-0.1, -0.05) is 24.3 Å². The fraction of sp³-hybridized carbons (Fsp3) is 0.0667. The summed E-state index contributed by atoms with van der Waals surface area (Å²) >= 11 is 0. The van der Waals surface area contributed by atoms with Gasteiger partial charge in [-0.3, -0.25) is 9.98 Å². The Bertz CT molecular complexity index is 525. The van der Waals surface area contributed by atoms with Crippen LogP contribution in [0.5, 0.6) is 5.75 Å². The number of allylic oxidation sites excluding steroid dienone is 4. The number of nitrogens with zero attached hydrogens (tertiary/aromatic N) is 2. The van der Waals surface area contributed by atoms with Crippen LogP contribution in [0.3, 0.4) is 0 Å². The van der Waals surface area contributed by atoms with E-state index in [0.717, 1.165) is 11.3 Å². The minimum Gasteiger partial charge on any atom is -0.487 e. The summed E-state index contributed by atoms with van der Waals surface area (Å²) < 4.78 is 5.62. The molecule has 0 amide bonds. The fourth-order valence-electron chi connectivity index (χ4n) is 1.40. The number of hydrogen-bond acceptors (Lipinski definition) is 3. The maximum absolute atomic E-state index is 5.62. The molecule has 3 heteroatoms. The average molecular weight is 238 g/mol. The van der Waals surface area contributed by atoms with E-state index in [2.05, 4.69) is 9.98 Å². The van der Waals surface area contributed by atoms with Crippen LogP contribution in [0.2, 0.25) is 0 Å². The fourth-order valence-corrected chi connectivity index (χ4v) is 1.40. The zero-order valence-electron chi connectivity index (χ0n) is 9.94. The quantitative estimate of drug-likeness (QED) is 0.683. The predicted molar refractivity (Wildman–Crippen MR) is 75.4 cm³/mol. The Kier molecular flexibility index (Phi) is 4.69. The van der Waals surface area contributed by atoms with Crippen molar-refractivity contribution in [2.45, 2.75) is 0 Å². The van der Waals surface area contributed by atoms with Gasteiger partial charge in [0.2, 0.25) is 0 Å². The number of ether oxygens (including phenoxy) is 1. The molecule has 0 aliphatic carbocycles. The average Bonchev–Trinajstić information content (AvgIpc) is 2.41. The van der Waals surface area contributed by atoms with Crippen LogP contribution < -0.4 is 4.74 Å². The summed E-state index contributed by atoms with van der Waals surface area (Å²) in [5, 5.41) is 0. The van der Waals surface area contributed by atoms with Crippen molar-refractivity contribution in [3.8, 4) is 5.75 Å². The lowest BCUT2D eigenvalue weighted by Gasteiger charge is -2.05. The lowest BCUT2D eigenvalue weighted by atomic mass is 10.2. The van der Waals surface area contributed by atoms with Gasteiger partial charge in [0, 0.05) is 30.4 Å². The second kappa shape index (κ2) is 7.01. The molecule has 0 bridgehead atoms. The van der Waals surface area contributed by atoms with Crippen molar-refractivity contribution in [2.24, 2.45) is 9.98 Å². The predicted octanol–water partition coefficient (Wildman–Crippen LogP) is 3.15. The molecule has 0 unspecified atom stereocenters. The first-order valence-electron chi connectivity index (χ1n) is 5.72. The smallest absolute Gasteiger partial charge is 0.128 e. The standard InChI is InChI=1S/C15H14N2O/c1-2-6-10-17-13-14-7-3-4-8-15(14)18-12-11-16-9-5-1/h1-11,13H,12H2. The van der Waals surface area contributed by atoms with E-state index in [1.165, 1.54) is 0 Å². The molecule has 1 heterocycles. The molecule has 0 N–H and O–H groups in total. The van der Waals surface area contributed by atoms with Gasteiger partial charge in [0.05, 0.1) is 0 Å². The summed E-state index contributed by atoms with van der Waals surface area (Å²) in [7, 11) is 0. The maximum Gasteiger partial charge on any atom is 0.128 e. The Hall–Kier alpha value is -2.42. The lowest BCUT2D eigenvalue weighted by molar-refractivity contribution is 0.380. The van der Waals surface area contributed by atoms with Gasteiger partial charge in [-0.25, -0.2) is 0 Å². The molecule has 0 saturated heterocycles. The van der Waals surface area contributed by atoms with Gasteiger partial charge in [-0.2, -0.15) is 0 Å². The van der Waals surface area contributed by atoms with Crippen LogP contribution in [-0.2, 0) is 0 Å². The van der Waals surface area contributed by atoms with Crippen molar-refractivity contribution < 1.29 is 4.74 Å². The van der Waals surface area contributed by atoms with E-state index >= 15 is 0 Å². The molecule has 0 radical (unpaired) electrons. The third kappa shape index (κ3) is 3.87. The van der Waals surface area contributed by atoms with Crippen LogP contribution >= 0.6 is 0 Å². The minimum absolute atomic E-state index is 0.439. The highest BCUT2D eigenvalue weighted by atomic mass is 16.5. The first kappa shape index (κ1) is 12.0. The molecular formula is C15H14N2O.